The molecule has 1 fully saturated rings. The Morgan fingerprint density at radius 3 is 2.72 bits per heavy atom. The molecule has 2 amide bonds. The largest absolute Gasteiger partial charge is 0.375 e. The number of hydrogen-bond acceptors (Lipinski definition) is 7. The van der Waals surface area contributed by atoms with Crippen LogP contribution in [0.3, 0.4) is 0 Å². The van der Waals surface area contributed by atoms with Gasteiger partial charge in [-0.05, 0) is 38.7 Å². The van der Waals surface area contributed by atoms with Crippen molar-refractivity contribution < 1.29 is 18.8 Å². The predicted molar refractivity (Wildman–Crippen MR) is 117 cm³/mol. The van der Waals surface area contributed by atoms with Gasteiger partial charge in [-0.1, -0.05) is 5.16 Å². The molecule has 0 bridgehead atoms. The maximum Gasteiger partial charge on any atom is 0.252 e. The zero-order valence-corrected chi connectivity index (χ0v) is 19.8. The molecule has 0 spiro atoms. The van der Waals surface area contributed by atoms with Gasteiger partial charge in [-0.2, -0.15) is 10.1 Å². The van der Waals surface area contributed by atoms with Gasteiger partial charge in [0.2, 0.25) is 11.8 Å². The Morgan fingerprint density at radius 2 is 2.06 bits per heavy atom. The molecule has 0 radical (unpaired) electrons. The highest BCUT2D eigenvalue weighted by molar-refractivity contribution is 5.77. The highest BCUT2D eigenvalue weighted by atomic mass is 16.5. The molecule has 2 aromatic rings. The van der Waals surface area contributed by atoms with E-state index in [1.165, 1.54) is 0 Å². The summed E-state index contributed by atoms with van der Waals surface area (Å²) in [4.78, 5) is 33.3. The van der Waals surface area contributed by atoms with E-state index in [0.717, 1.165) is 36.3 Å². The highest BCUT2D eigenvalue weighted by Gasteiger charge is 2.29. The lowest BCUT2D eigenvalue weighted by Crippen LogP contribution is -2.51. The quantitative estimate of drug-likeness (QED) is 0.576. The molecule has 0 N–H and O–H groups in total. The average molecular weight is 447 g/mol. The lowest BCUT2D eigenvalue weighted by molar-refractivity contribution is -0.138. The van der Waals surface area contributed by atoms with Gasteiger partial charge in [0.1, 0.15) is 6.61 Å². The van der Waals surface area contributed by atoms with E-state index in [2.05, 4.69) is 15.2 Å². The molecule has 1 saturated heterocycles. The molecule has 3 heterocycles. The van der Waals surface area contributed by atoms with Crippen LogP contribution in [0.5, 0.6) is 0 Å². The van der Waals surface area contributed by atoms with Crippen LogP contribution in [0.1, 0.15) is 54.9 Å². The number of likely N-dealkylation sites (tertiary alicyclic amines) is 1. The van der Waals surface area contributed by atoms with Crippen LogP contribution in [0.4, 0.5) is 0 Å². The summed E-state index contributed by atoms with van der Waals surface area (Å²) < 4.78 is 12.0. The number of hydrogen-bond donors (Lipinski definition) is 0. The van der Waals surface area contributed by atoms with E-state index < -0.39 is 0 Å². The molecule has 10 nitrogen and oxygen atoms in total. The first-order valence-corrected chi connectivity index (χ1v) is 11.1. The Balaban J connectivity index is 1.56. The Morgan fingerprint density at radius 1 is 1.28 bits per heavy atom. The van der Waals surface area contributed by atoms with Gasteiger partial charge in [0, 0.05) is 65.3 Å². The first-order chi connectivity index (χ1) is 15.3. The van der Waals surface area contributed by atoms with Crippen LogP contribution in [-0.2, 0) is 40.8 Å². The van der Waals surface area contributed by atoms with Crippen molar-refractivity contribution in [2.45, 2.75) is 65.5 Å². The van der Waals surface area contributed by atoms with Crippen molar-refractivity contribution >= 4 is 11.8 Å². The Labute approximate surface area is 188 Å². The van der Waals surface area contributed by atoms with Gasteiger partial charge < -0.3 is 19.1 Å². The minimum absolute atomic E-state index is 0.00240. The van der Waals surface area contributed by atoms with E-state index in [0.29, 0.717) is 44.1 Å². The molecule has 0 aliphatic carbocycles. The van der Waals surface area contributed by atoms with E-state index in [-0.39, 0.29) is 24.5 Å². The van der Waals surface area contributed by atoms with E-state index in [1.54, 1.807) is 14.0 Å². The van der Waals surface area contributed by atoms with E-state index in [9.17, 15) is 9.59 Å². The molecule has 0 aromatic carbocycles. The van der Waals surface area contributed by atoms with Crippen molar-refractivity contribution in [1.82, 2.24) is 29.7 Å². The van der Waals surface area contributed by atoms with Gasteiger partial charge in [0.05, 0.1) is 5.69 Å². The third-order valence-electron chi connectivity index (χ3n) is 6.20. The standard InChI is InChI=1S/C22H34N6O4/c1-15-19(16(2)26(4)24-15)8-9-22(30)27-11-6-7-18(13-27)28(17(3)29)12-10-20-23-21(14-31-5)32-25-20/h18H,6-14H2,1-5H3. The second-order valence-corrected chi connectivity index (χ2v) is 8.41. The van der Waals surface area contributed by atoms with Crippen LogP contribution in [0.25, 0.3) is 0 Å². The van der Waals surface area contributed by atoms with Crippen molar-refractivity contribution in [2.75, 3.05) is 26.7 Å². The molecule has 0 saturated carbocycles. The van der Waals surface area contributed by atoms with Crippen molar-refractivity contribution in [3.8, 4) is 0 Å². The molecular weight excluding hydrogens is 412 g/mol. The zero-order chi connectivity index (χ0) is 23.3. The monoisotopic (exact) mass is 446 g/mol. The fourth-order valence-corrected chi connectivity index (χ4v) is 4.40. The molecule has 32 heavy (non-hydrogen) atoms. The summed E-state index contributed by atoms with van der Waals surface area (Å²) in [6, 6.07) is -0.00240. The second kappa shape index (κ2) is 10.7. The number of amides is 2. The number of nitrogens with zero attached hydrogens (tertiary/aromatic N) is 6. The fraction of sp³-hybridized carbons (Fsp3) is 0.682. The molecule has 3 rings (SSSR count). The van der Waals surface area contributed by atoms with Gasteiger partial charge in [0.25, 0.3) is 5.89 Å². The van der Waals surface area contributed by atoms with Gasteiger partial charge >= 0.3 is 0 Å². The molecule has 1 atom stereocenters. The van der Waals surface area contributed by atoms with Crippen molar-refractivity contribution in [3.63, 3.8) is 0 Å². The van der Waals surface area contributed by atoms with Gasteiger partial charge in [0.15, 0.2) is 5.82 Å². The summed E-state index contributed by atoms with van der Waals surface area (Å²) >= 11 is 0. The van der Waals surface area contributed by atoms with Crippen LogP contribution in [0.15, 0.2) is 4.52 Å². The van der Waals surface area contributed by atoms with E-state index >= 15 is 0 Å². The van der Waals surface area contributed by atoms with Crippen molar-refractivity contribution in [2.24, 2.45) is 7.05 Å². The number of carbonyl (C=O) groups excluding carboxylic acids is 2. The fourth-order valence-electron chi connectivity index (χ4n) is 4.40. The summed E-state index contributed by atoms with van der Waals surface area (Å²) in [7, 11) is 3.49. The molecule has 1 aliphatic rings. The number of aryl methyl sites for hydroxylation is 2. The van der Waals surface area contributed by atoms with Crippen LogP contribution >= 0.6 is 0 Å². The van der Waals surface area contributed by atoms with Gasteiger partial charge in [-0.3, -0.25) is 14.3 Å². The smallest absolute Gasteiger partial charge is 0.252 e. The van der Waals surface area contributed by atoms with Gasteiger partial charge in [-0.25, -0.2) is 0 Å². The number of rotatable bonds is 9. The van der Waals surface area contributed by atoms with Crippen LogP contribution < -0.4 is 0 Å². The number of carbonyl (C=O) groups is 2. The molecule has 176 valence electrons. The SMILES string of the molecule is COCc1nc(CCN(C(C)=O)C2CCCN(C(=O)CCc3c(C)nn(C)c3C)C2)no1. The molecule has 10 heteroatoms. The number of ether oxygens (including phenoxy) is 1. The summed E-state index contributed by atoms with van der Waals surface area (Å²) in [6.45, 7) is 7.63. The first kappa shape index (κ1) is 23.9. The lowest BCUT2D eigenvalue weighted by Gasteiger charge is -2.39. The Hall–Kier alpha value is -2.75. The number of aromatic nitrogens is 4. The van der Waals surface area contributed by atoms with Crippen molar-refractivity contribution in [1.29, 1.82) is 0 Å². The van der Waals surface area contributed by atoms with E-state index in [1.807, 2.05) is 35.4 Å². The minimum atomic E-state index is -0.00785. The summed E-state index contributed by atoms with van der Waals surface area (Å²) in [6.07, 6.45) is 3.39. The third kappa shape index (κ3) is 5.73. The summed E-state index contributed by atoms with van der Waals surface area (Å²) in [5.74, 6) is 1.09. The Kier molecular flexibility index (Phi) is 8.00. The third-order valence-corrected chi connectivity index (χ3v) is 6.20. The highest BCUT2D eigenvalue weighted by Crippen LogP contribution is 2.20. The number of piperidine rings is 1. The van der Waals surface area contributed by atoms with Crippen LogP contribution in [-0.4, -0.2) is 74.3 Å². The lowest BCUT2D eigenvalue weighted by atomic mass is 10.0. The maximum absolute atomic E-state index is 12.9. The molecule has 1 aliphatic heterocycles. The predicted octanol–water partition coefficient (Wildman–Crippen LogP) is 1.58. The minimum Gasteiger partial charge on any atom is -0.375 e. The van der Waals surface area contributed by atoms with Crippen LogP contribution in [0.2, 0.25) is 0 Å². The molecular formula is C22H34N6O4. The number of methoxy groups -OCH3 is 1. The topological polar surface area (TPSA) is 107 Å². The van der Waals surface area contributed by atoms with Crippen molar-refractivity contribution in [3.05, 3.63) is 28.7 Å². The Bertz CT molecular complexity index is 937. The zero-order valence-electron chi connectivity index (χ0n) is 19.8. The van der Waals surface area contributed by atoms with E-state index in [4.69, 9.17) is 9.26 Å². The van der Waals surface area contributed by atoms with Crippen LogP contribution in [0, 0.1) is 13.8 Å². The normalized spacial score (nSPS) is 16.4. The summed E-state index contributed by atoms with van der Waals surface area (Å²) in [5.41, 5.74) is 3.23. The second-order valence-electron chi connectivity index (χ2n) is 8.41. The average Bonchev–Trinajstić information content (AvgIpc) is 3.30. The maximum atomic E-state index is 12.9. The summed E-state index contributed by atoms with van der Waals surface area (Å²) in [5, 5.41) is 8.38. The van der Waals surface area contributed by atoms with Gasteiger partial charge in [-0.15, -0.1) is 0 Å². The first-order valence-electron chi connectivity index (χ1n) is 11.1. The molecule has 1 unspecified atom stereocenters. The molecule has 2 aromatic heterocycles.